The Kier molecular flexibility index (Phi) is 3.70. The van der Waals surface area contributed by atoms with E-state index in [2.05, 4.69) is 15.3 Å². The van der Waals surface area contributed by atoms with Gasteiger partial charge in [-0.3, -0.25) is 0 Å². The number of hydrogen-bond acceptors (Lipinski definition) is 5. The molecule has 0 spiro atoms. The van der Waals surface area contributed by atoms with Crippen LogP contribution >= 0.6 is 11.8 Å². The first-order chi connectivity index (χ1) is 8.86. The van der Waals surface area contributed by atoms with E-state index in [-0.39, 0.29) is 0 Å². The van der Waals surface area contributed by atoms with E-state index in [0.29, 0.717) is 6.10 Å². The monoisotopic (exact) mass is 265 g/mol. The maximum atomic E-state index is 5.64. The predicted octanol–water partition coefficient (Wildman–Crippen LogP) is 2.28. The fourth-order valence-electron chi connectivity index (χ4n) is 2.66. The first-order valence-electron chi connectivity index (χ1n) is 6.66. The van der Waals surface area contributed by atoms with Crippen LogP contribution in [0.4, 0.5) is 5.82 Å². The summed E-state index contributed by atoms with van der Waals surface area (Å²) in [6.07, 6.45) is 8.14. The average molecular weight is 265 g/mol. The number of rotatable bonds is 4. The smallest absolute Gasteiger partial charge is 0.189 e. The van der Waals surface area contributed by atoms with Crippen LogP contribution in [0.15, 0.2) is 5.16 Å². The molecule has 1 aliphatic heterocycles. The van der Waals surface area contributed by atoms with Gasteiger partial charge in [-0.05, 0) is 38.4 Å². The summed E-state index contributed by atoms with van der Waals surface area (Å²) < 4.78 is 5.64. The number of nitrogens with one attached hydrogen (secondary N) is 1. The minimum absolute atomic E-state index is 0.356. The summed E-state index contributed by atoms with van der Waals surface area (Å²) >= 11 is 1.61. The van der Waals surface area contributed by atoms with E-state index < -0.39 is 0 Å². The molecule has 2 heterocycles. The predicted molar refractivity (Wildman–Crippen MR) is 73.3 cm³/mol. The second-order valence-corrected chi connectivity index (χ2v) is 5.63. The number of hydrogen-bond donors (Lipinski definition) is 1. The van der Waals surface area contributed by atoms with Gasteiger partial charge in [-0.2, -0.15) is 0 Å². The molecule has 1 aliphatic carbocycles. The number of thioether (sulfide) groups is 1. The van der Waals surface area contributed by atoms with Gasteiger partial charge in [0, 0.05) is 18.7 Å². The molecule has 0 aromatic carbocycles. The highest BCUT2D eigenvalue weighted by atomic mass is 32.2. The van der Waals surface area contributed by atoms with Gasteiger partial charge in [0.15, 0.2) is 5.16 Å². The van der Waals surface area contributed by atoms with Crippen molar-refractivity contribution in [3.05, 3.63) is 11.3 Å². The van der Waals surface area contributed by atoms with Gasteiger partial charge in [-0.25, -0.2) is 9.97 Å². The molecular formula is C13H19N3OS. The molecule has 4 nitrogen and oxygen atoms in total. The van der Waals surface area contributed by atoms with Crippen molar-refractivity contribution < 1.29 is 4.74 Å². The zero-order valence-corrected chi connectivity index (χ0v) is 11.6. The Labute approximate surface area is 112 Å². The maximum Gasteiger partial charge on any atom is 0.189 e. The van der Waals surface area contributed by atoms with E-state index in [9.17, 15) is 0 Å². The highest BCUT2D eigenvalue weighted by molar-refractivity contribution is 7.98. The SMILES string of the molecule is CSc1nc2c(c(NCC3CCCO3)n1)CCC2. The lowest BCUT2D eigenvalue weighted by molar-refractivity contribution is 0.120. The molecule has 1 aromatic rings. The molecular weight excluding hydrogens is 246 g/mol. The molecule has 0 amide bonds. The van der Waals surface area contributed by atoms with E-state index in [1.54, 1.807) is 11.8 Å². The summed E-state index contributed by atoms with van der Waals surface area (Å²) in [6.45, 7) is 1.78. The third-order valence-electron chi connectivity index (χ3n) is 3.62. The molecule has 1 atom stereocenters. The van der Waals surface area contributed by atoms with Crippen molar-refractivity contribution in [3.63, 3.8) is 0 Å². The Hall–Kier alpha value is -0.810. The number of ether oxygens (including phenoxy) is 1. The molecule has 0 radical (unpaired) electrons. The van der Waals surface area contributed by atoms with Crippen molar-refractivity contribution in [1.29, 1.82) is 0 Å². The van der Waals surface area contributed by atoms with Gasteiger partial charge in [0.05, 0.1) is 11.8 Å². The summed E-state index contributed by atoms with van der Waals surface area (Å²) in [5, 5.41) is 4.35. The molecule has 1 saturated heterocycles. The number of nitrogens with zero attached hydrogens (tertiary/aromatic N) is 2. The fraction of sp³-hybridized carbons (Fsp3) is 0.692. The Balaban J connectivity index is 1.75. The van der Waals surface area contributed by atoms with Crippen LogP contribution in [0, 0.1) is 0 Å². The van der Waals surface area contributed by atoms with Crippen LogP contribution < -0.4 is 5.32 Å². The number of aryl methyl sites for hydroxylation is 1. The molecule has 2 aliphatic rings. The normalized spacial score (nSPS) is 22.2. The van der Waals surface area contributed by atoms with Crippen molar-refractivity contribution in [2.24, 2.45) is 0 Å². The van der Waals surface area contributed by atoms with Crippen LogP contribution in [0.2, 0.25) is 0 Å². The van der Waals surface area contributed by atoms with Gasteiger partial charge in [0.2, 0.25) is 0 Å². The highest BCUT2D eigenvalue weighted by Gasteiger charge is 2.21. The summed E-state index contributed by atoms with van der Waals surface area (Å²) in [5.41, 5.74) is 2.56. The first-order valence-corrected chi connectivity index (χ1v) is 7.88. The molecule has 1 N–H and O–H groups in total. The van der Waals surface area contributed by atoms with E-state index in [1.165, 1.54) is 24.1 Å². The van der Waals surface area contributed by atoms with Crippen molar-refractivity contribution in [2.75, 3.05) is 24.7 Å². The quantitative estimate of drug-likeness (QED) is 0.668. The lowest BCUT2D eigenvalue weighted by Crippen LogP contribution is -2.20. The minimum atomic E-state index is 0.356. The summed E-state index contributed by atoms with van der Waals surface area (Å²) in [7, 11) is 0. The lowest BCUT2D eigenvalue weighted by Gasteiger charge is -2.14. The Morgan fingerprint density at radius 3 is 3.06 bits per heavy atom. The molecule has 0 saturated carbocycles. The molecule has 0 bridgehead atoms. The number of anilines is 1. The standard InChI is InChI=1S/C13H19N3OS/c1-18-13-15-11-6-2-5-10(11)12(16-13)14-8-9-4-3-7-17-9/h9H,2-8H2,1H3,(H,14,15,16). The van der Waals surface area contributed by atoms with Gasteiger partial charge in [-0.15, -0.1) is 0 Å². The van der Waals surface area contributed by atoms with E-state index in [1.807, 2.05) is 6.26 Å². The van der Waals surface area contributed by atoms with Crippen LogP contribution in [-0.2, 0) is 17.6 Å². The first kappa shape index (κ1) is 12.2. The third kappa shape index (κ3) is 2.47. The van der Waals surface area contributed by atoms with Crippen LogP contribution in [0.5, 0.6) is 0 Å². The van der Waals surface area contributed by atoms with Crippen LogP contribution in [0.3, 0.4) is 0 Å². The van der Waals surface area contributed by atoms with E-state index in [0.717, 1.165) is 43.4 Å². The zero-order chi connectivity index (χ0) is 12.4. The number of aromatic nitrogens is 2. The Bertz CT molecular complexity index is 432. The lowest BCUT2D eigenvalue weighted by atomic mass is 10.2. The highest BCUT2D eigenvalue weighted by Crippen LogP contribution is 2.28. The van der Waals surface area contributed by atoms with Gasteiger partial charge in [0.1, 0.15) is 5.82 Å². The largest absolute Gasteiger partial charge is 0.376 e. The summed E-state index contributed by atoms with van der Waals surface area (Å²) in [5.74, 6) is 1.04. The average Bonchev–Trinajstić information content (AvgIpc) is 3.06. The molecule has 98 valence electrons. The summed E-state index contributed by atoms with van der Waals surface area (Å²) in [4.78, 5) is 9.20. The van der Waals surface area contributed by atoms with Crippen LogP contribution in [0.25, 0.3) is 0 Å². The molecule has 5 heteroatoms. The maximum absolute atomic E-state index is 5.64. The molecule has 1 aromatic heterocycles. The minimum Gasteiger partial charge on any atom is -0.376 e. The molecule has 18 heavy (non-hydrogen) atoms. The molecule has 3 rings (SSSR count). The second kappa shape index (κ2) is 5.45. The Morgan fingerprint density at radius 2 is 2.28 bits per heavy atom. The van der Waals surface area contributed by atoms with Crippen molar-refractivity contribution >= 4 is 17.6 Å². The van der Waals surface area contributed by atoms with Crippen molar-refractivity contribution in [3.8, 4) is 0 Å². The Morgan fingerprint density at radius 1 is 1.33 bits per heavy atom. The summed E-state index contributed by atoms with van der Waals surface area (Å²) in [6, 6.07) is 0. The van der Waals surface area contributed by atoms with E-state index >= 15 is 0 Å². The third-order valence-corrected chi connectivity index (χ3v) is 4.16. The van der Waals surface area contributed by atoms with Crippen LogP contribution in [-0.4, -0.2) is 35.5 Å². The topological polar surface area (TPSA) is 47.0 Å². The van der Waals surface area contributed by atoms with Crippen molar-refractivity contribution in [1.82, 2.24) is 9.97 Å². The zero-order valence-electron chi connectivity index (χ0n) is 10.7. The fourth-order valence-corrected chi connectivity index (χ4v) is 3.05. The number of fused-ring (bicyclic) bond motifs is 1. The second-order valence-electron chi connectivity index (χ2n) is 4.85. The molecule has 1 unspecified atom stereocenters. The molecule has 1 fully saturated rings. The van der Waals surface area contributed by atoms with Gasteiger partial charge in [-0.1, -0.05) is 11.8 Å². The van der Waals surface area contributed by atoms with Gasteiger partial charge < -0.3 is 10.1 Å². The van der Waals surface area contributed by atoms with Gasteiger partial charge in [0.25, 0.3) is 0 Å². The van der Waals surface area contributed by atoms with Gasteiger partial charge >= 0.3 is 0 Å². The van der Waals surface area contributed by atoms with Crippen molar-refractivity contribution in [2.45, 2.75) is 43.4 Å². The van der Waals surface area contributed by atoms with Crippen LogP contribution in [0.1, 0.15) is 30.5 Å². The van der Waals surface area contributed by atoms with E-state index in [4.69, 9.17) is 4.74 Å².